The van der Waals surface area contributed by atoms with Gasteiger partial charge in [0.05, 0.1) is 27.3 Å². The van der Waals surface area contributed by atoms with Crippen LogP contribution in [0.25, 0.3) is 0 Å². The van der Waals surface area contributed by atoms with E-state index in [1.54, 1.807) is 36.5 Å². The first kappa shape index (κ1) is 39.9. The van der Waals surface area contributed by atoms with Crippen molar-refractivity contribution in [1.29, 1.82) is 5.26 Å². The third-order valence-electron chi connectivity index (χ3n) is 12.1. The van der Waals surface area contributed by atoms with E-state index in [0.29, 0.717) is 27.5 Å². The molecule has 1 aromatic heterocycles. The minimum absolute atomic E-state index is 0.0883. The SMILES string of the molecule is CC1(C)[C@H](NC(=O)c2ccc(CCCCCN3CCN(c4ccc5c(c4)C(=O)N(C4CCC(=O)NC4=O)C5=O)CC3)nc2)C(C)(C)[C@H]1Oc1ccc(C#N)c(Cl)c1. The van der Waals surface area contributed by atoms with Gasteiger partial charge in [0.25, 0.3) is 17.7 Å². The predicted molar refractivity (Wildman–Crippen MR) is 213 cm³/mol. The van der Waals surface area contributed by atoms with Gasteiger partial charge in [-0.05, 0) is 74.7 Å². The number of hydrogen-bond acceptors (Lipinski definition) is 10. The maximum Gasteiger partial charge on any atom is 0.262 e. The molecule has 5 amide bonds. The lowest BCUT2D eigenvalue weighted by Gasteiger charge is -2.63. The normalized spacial score (nSPS) is 22.7. The summed E-state index contributed by atoms with van der Waals surface area (Å²) < 4.78 is 6.35. The number of halogens is 1. The number of pyridine rings is 1. The Hall–Kier alpha value is -5.32. The lowest BCUT2D eigenvalue weighted by molar-refractivity contribution is -0.164. The molecule has 1 atom stereocenters. The van der Waals surface area contributed by atoms with Crippen molar-refractivity contribution >= 4 is 46.8 Å². The third kappa shape index (κ3) is 7.85. The summed E-state index contributed by atoms with van der Waals surface area (Å²) in [5.41, 5.74) is 2.59. The summed E-state index contributed by atoms with van der Waals surface area (Å²) >= 11 is 6.23. The van der Waals surface area contributed by atoms with Crippen molar-refractivity contribution in [3.8, 4) is 11.8 Å². The first-order chi connectivity index (χ1) is 27.2. The number of nitrogens with one attached hydrogen (secondary N) is 2. The second kappa shape index (κ2) is 15.9. The number of nitriles is 1. The van der Waals surface area contributed by atoms with Crippen LogP contribution in [0.3, 0.4) is 0 Å². The Labute approximate surface area is 337 Å². The van der Waals surface area contributed by atoms with Gasteiger partial charge in [0.15, 0.2) is 0 Å². The van der Waals surface area contributed by atoms with E-state index < -0.39 is 29.7 Å². The van der Waals surface area contributed by atoms with Gasteiger partial charge in [-0.2, -0.15) is 5.26 Å². The number of carbonyl (C=O) groups is 5. The molecule has 4 heterocycles. The Morgan fingerprint density at radius 3 is 2.35 bits per heavy atom. The second-order valence-corrected chi connectivity index (χ2v) is 17.1. The van der Waals surface area contributed by atoms with E-state index in [0.717, 1.165) is 74.7 Å². The molecular formula is C43H48ClN7O6. The molecular weight excluding hydrogens is 746 g/mol. The van der Waals surface area contributed by atoms with Crippen LogP contribution in [0.1, 0.15) is 102 Å². The highest BCUT2D eigenvalue weighted by Crippen LogP contribution is 2.55. The van der Waals surface area contributed by atoms with Gasteiger partial charge in [-0.15, -0.1) is 0 Å². The number of aryl methyl sites for hydroxylation is 1. The van der Waals surface area contributed by atoms with Gasteiger partial charge in [-0.1, -0.05) is 45.7 Å². The van der Waals surface area contributed by atoms with Crippen LogP contribution in [0.4, 0.5) is 5.69 Å². The average molecular weight is 794 g/mol. The molecule has 57 heavy (non-hydrogen) atoms. The maximum atomic E-state index is 13.3. The number of piperidine rings is 1. The summed E-state index contributed by atoms with van der Waals surface area (Å²) in [6.07, 6.45) is 5.62. The molecule has 0 spiro atoms. The highest BCUT2D eigenvalue weighted by Gasteiger charge is 2.64. The van der Waals surface area contributed by atoms with E-state index in [2.05, 4.69) is 59.2 Å². The van der Waals surface area contributed by atoms with E-state index in [9.17, 15) is 29.2 Å². The fourth-order valence-corrected chi connectivity index (χ4v) is 9.43. The number of amides is 5. The van der Waals surface area contributed by atoms with Crippen LogP contribution in [0.15, 0.2) is 54.7 Å². The number of unbranched alkanes of at least 4 members (excludes halogenated alkanes) is 2. The van der Waals surface area contributed by atoms with E-state index in [1.807, 2.05) is 18.2 Å². The number of benzene rings is 2. The summed E-state index contributed by atoms with van der Waals surface area (Å²) in [6.45, 7) is 12.6. The van der Waals surface area contributed by atoms with Crippen molar-refractivity contribution in [2.24, 2.45) is 10.8 Å². The number of ether oxygens (including phenoxy) is 1. The molecule has 1 saturated carbocycles. The molecule has 7 rings (SSSR count). The van der Waals surface area contributed by atoms with Gasteiger partial charge >= 0.3 is 0 Å². The number of piperazine rings is 1. The largest absolute Gasteiger partial charge is 0.489 e. The molecule has 3 aliphatic heterocycles. The van der Waals surface area contributed by atoms with Gasteiger partial charge in [-0.25, -0.2) is 0 Å². The van der Waals surface area contributed by atoms with Crippen molar-refractivity contribution in [3.63, 3.8) is 0 Å². The van der Waals surface area contributed by atoms with Crippen molar-refractivity contribution < 1.29 is 28.7 Å². The Bertz CT molecular complexity index is 2120. The lowest BCUT2D eigenvalue weighted by Crippen LogP contribution is -2.74. The average Bonchev–Trinajstić information content (AvgIpc) is 3.44. The zero-order valence-corrected chi connectivity index (χ0v) is 33.5. The maximum absolute atomic E-state index is 13.3. The van der Waals surface area contributed by atoms with Crippen LogP contribution in [0, 0.1) is 22.2 Å². The van der Waals surface area contributed by atoms with E-state index >= 15 is 0 Å². The Kier molecular flexibility index (Phi) is 11.1. The number of rotatable bonds is 12. The molecule has 2 N–H and O–H groups in total. The van der Waals surface area contributed by atoms with Crippen LogP contribution in [0.5, 0.6) is 5.75 Å². The minimum atomic E-state index is -0.975. The van der Waals surface area contributed by atoms with Crippen LogP contribution in [0.2, 0.25) is 5.02 Å². The number of carbonyl (C=O) groups excluding carboxylic acids is 5. The molecule has 1 unspecified atom stereocenters. The van der Waals surface area contributed by atoms with Crippen molar-refractivity contribution in [2.45, 2.75) is 84.4 Å². The van der Waals surface area contributed by atoms with Gasteiger partial charge < -0.3 is 15.0 Å². The summed E-state index contributed by atoms with van der Waals surface area (Å²) in [4.78, 5) is 73.9. The van der Waals surface area contributed by atoms with Gasteiger partial charge in [0.2, 0.25) is 11.8 Å². The molecule has 1 aliphatic carbocycles. The molecule has 298 valence electrons. The molecule has 3 aromatic rings. The number of imide groups is 2. The number of fused-ring (bicyclic) bond motifs is 1. The van der Waals surface area contributed by atoms with Crippen molar-refractivity contribution in [3.05, 3.63) is 87.7 Å². The first-order valence-corrected chi connectivity index (χ1v) is 20.0. The quantitative estimate of drug-likeness (QED) is 0.185. The molecule has 0 radical (unpaired) electrons. The molecule has 14 heteroatoms. The van der Waals surface area contributed by atoms with Crippen LogP contribution in [-0.4, -0.2) is 95.2 Å². The molecule has 2 aromatic carbocycles. The summed E-state index contributed by atoms with van der Waals surface area (Å²) in [7, 11) is 0. The number of anilines is 1. The highest BCUT2D eigenvalue weighted by atomic mass is 35.5. The highest BCUT2D eigenvalue weighted by molar-refractivity contribution is 6.31. The standard InChI is InChI=1S/C43H48ClN7O6/c1-42(2)40(43(3,4)41(42)57-30-13-10-26(24-45)33(44)23-30)48-36(53)27-9-11-28(46-25-27)8-6-5-7-17-49-18-20-50(21-19-49)29-12-14-31-32(22-29)39(56)51(38(31)55)34-15-16-35(52)47-37(34)54/h9-14,22-23,25,34,40-41H,5-8,15-21H2,1-4H3,(H,48,53)(H,47,52,54)/t34?,40-,41-. The van der Waals surface area contributed by atoms with Crippen molar-refractivity contribution in [2.75, 3.05) is 37.6 Å². The molecule has 13 nitrogen and oxygen atoms in total. The van der Waals surface area contributed by atoms with Gasteiger partial charge in [-0.3, -0.25) is 44.1 Å². The van der Waals surface area contributed by atoms with Gasteiger partial charge in [0.1, 0.15) is 24.0 Å². The molecule has 2 saturated heterocycles. The van der Waals surface area contributed by atoms with Crippen molar-refractivity contribution in [1.82, 2.24) is 25.4 Å². The molecule has 4 aliphatic rings. The van der Waals surface area contributed by atoms with Crippen LogP contribution in [-0.2, 0) is 16.0 Å². The van der Waals surface area contributed by atoms with E-state index in [-0.39, 0.29) is 47.3 Å². The van der Waals surface area contributed by atoms with Crippen LogP contribution >= 0.6 is 11.6 Å². The zero-order chi connectivity index (χ0) is 40.6. The number of aromatic nitrogens is 1. The van der Waals surface area contributed by atoms with E-state index in [1.165, 1.54) is 0 Å². The minimum Gasteiger partial charge on any atom is -0.489 e. The van der Waals surface area contributed by atoms with E-state index in [4.69, 9.17) is 16.3 Å². The topological polar surface area (TPSA) is 165 Å². The lowest BCUT2D eigenvalue weighted by atomic mass is 9.49. The number of hydrogen-bond donors (Lipinski definition) is 2. The monoisotopic (exact) mass is 793 g/mol. The first-order valence-electron chi connectivity index (χ1n) is 19.6. The number of nitrogens with zero attached hydrogens (tertiary/aromatic N) is 5. The fraction of sp³-hybridized carbons (Fsp3) is 0.465. The van der Waals surface area contributed by atoms with Gasteiger partial charge in [0, 0.05) is 73.1 Å². The summed E-state index contributed by atoms with van der Waals surface area (Å²) in [5.74, 6) is -1.58. The summed E-state index contributed by atoms with van der Waals surface area (Å²) in [6, 6.07) is 15.0. The Morgan fingerprint density at radius 2 is 1.68 bits per heavy atom. The molecule has 0 bridgehead atoms. The van der Waals surface area contributed by atoms with Crippen LogP contribution < -0.4 is 20.3 Å². The zero-order valence-electron chi connectivity index (χ0n) is 32.8. The third-order valence-corrected chi connectivity index (χ3v) is 12.4. The predicted octanol–water partition coefficient (Wildman–Crippen LogP) is 5.15. The summed E-state index contributed by atoms with van der Waals surface area (Å²) in [5, 5.41) is 15.0. The smallest absolute Gasteiger partial charge is 0.262 e. The second-order valence-electron chi connectivity index (χ2n) is 16.7. The Morgan fingerprint density at radius 1 is 0.947 bits per heavy atom. The fourth-order valence-electron chi connectivity index (χ4n) is 9.22. The Balaban J connectivity index is 0.820. The molecule has 3 fully saturated rings.